The number of benzene rings is 1. The summed E-state index contributed by atoms with van der Waals surface area (Å²) in [7, 11) is 0. The van der Waals surface area contributed by atoms with Crippen LogP contribution in [0, 0.1) is 0 Å². The fraction of sp³-hybridized carbons (Fsp3) is 0.500. The molecule has 0 unspecified atom stereocenters. The molecule has 2 heterocycles. The molecule has 0 amide bonds. The maximum atomic E-state index is 12.3. The molecule has 23 heavy (non-hydrogen) atoms. The lowest BCUT2D eigenvalue weighted by molar-refractivity contribution is -0.928. The number of ether oxygens (including phenoxy) is 2. The predicted octanol–water partition coefficient (Wildman–Crippen LogP) is 1.80. The summed E-state index contributed by atoms with van der Waals surface area (Å²) in [5, 5.41) is 0.995. The van der Waals surface area contributed by atoms with Gasteiger partial charge in [0.25, 0.3) is 0 Å². The number of quaternary nitrogens is 1. The van der Waals surface area contributed by atoms with Crippen LogP contribution >= 0.6 is 0 Å². The number of carbonyl (C=O) groups is 1. The summed E-state index contributed by atoms with van der Waals surface area (Å²) in [6.07, 6.45) is 0.441. The lowest BCUT2D eigenvalue weighted by Crippen LogP contribution is -3.14. The van der Waals surface area contributed by atoms with Gasteiger partial charge in [-0.15, -0.1) is 0 Å². The molecular formula is C18H24NO4+. The highest BCUT2D eigenvalue weighted by molar-refractivity contribution is 5.95. The van der Waals surface area contributed by atoms with Crippen molar-refractivity contribution in [2.24, 2.45) is 0 Å². The van der Waals surface area contributed by atoms with Crippen LogP contribution in [0.2, 0.25) is 0 Å². The Balaban J connectivity index is 1.94. The predicted molar refractivity (Wildman–Crippen MR) is 86.6 cm³/mol. The first-order chi connectivity index (χ1) is 11.1. The van der Waals surface area contributed by atoms with Crippen molar-refractivity contribution in [2.45, 2.75) is 39.5 Å². The number of para-hydroxylation sites is 1. The molecule has 0 radical (unpaired) electrons. The van der Waals surface area contributed by atoms with E-state index in [9.17, 15) is 4.79 Å². The number of fused-ring (bicyclic) bond motifs is 1. The first-order valence-electron chi connectivity index (χ1n) is 8.25. The molecule has 5 nitrogen and oxygen atoms in total. The molecule has 5 heteroatoms. The average molecular weight is 318 g/mol. The van der Waals surface area contributed by atoms with Crippen molar-refractivity contribution in [1.29, 1.82) is 0 Å². The van der Waals surface area contributed by atoms with Crippen molar-refractivity contribution in [2.75, 3.05) is 19.7 Å². The SMILES string of the molecule is CCOC(=O)c1oc2ccccc2c1C[NH+]1C[C@@H](C)O[C@H](C)C1. The average Bonchev–Trinajstić information content (AvgIpc) is 2.85. The Hall–Kier alpha value is -1.85. The molecule has 0 aliphatic carbocycles. The standard InChI is InChI=1S/C18H23NO4/c1-4-21-18(20)17-15(14-7-5-6-8-16(14)23-17)11-19-9-12(2)22-13(3)10-19/h5-8,12-13H,4,9-11H2,1-3H3/p+1/t12-,13-/m1/s1. The molecule has 1 aromatic carbocycles. The first-order valence-corrected chi connectivity index (χ1v) is 8.25. The Morgan fingerprint density at radius 3 is 2.65 bits per heavy atom. The summed E-state index contributed by atoms with van der Waals surface area (Å²) in [6, 6.07) is 7.78. The maximum absolute atomic E-state index is 12.3. The number of carbonyl (C=O) groups excluding carboxylic acids is 1. The normalized spacial score (nSPS) is 24.7. The highest BCUT2D eigenvalue weighted by Gasteiger charge is 2.30. The molecule has 1 aromatic heterocycles. The van der Waals surface area contributed by atoms with E-state index in [1.807, 2.05) is 24.3 Å². The monoisotopic (exact) mass is 318 g/mol. The van der Waals surface area contributed by atoms with Gasteiger partial charge in [-0.05, 0) is 26.8 Å². The van der Waals surface area contributed by atoms with Crippen LogP contribution < -0.4 is 4.90 Å². The third-order valence-corrected chi connectivity index (χ3v) is 4.20. The number of nitrogens with one attached hydrogen (secondary N) is 1. The molecule has 2 atom stereocenters. The Bertz CT molecular complexity index is 683. The molecule has 1 fully saturated rings. The molecule has 1 N–H and O–H groups in total. The van der Waals surface area contributed by atoms with E-state index in [1.54, 1.807) is 6.92 Å². The van der Waals surface area contributed by atoms with E-state index < -0.39 is 0 Å². The molecule has 0 saturated carbocycles. The van der Waals surface area contributed by atoms with Gasteiger partial charge in [-0.1, -0.05) is 18.2 Å². The number of morpholine rings is 1. The summed E-state index contributed by atoms with van der Waals surface area (Å²) in [5.41, 5.74) is 1.68. The van der Waals surface area contributed by atoms with Gasteiger partial charge in [-0.25, -0.2) is 4.79 Å². The molecule has 124 valence electrons. The molecule has 1 saturated heterocycles. The third-order valence-electron chi connectivity index (χ3n) is 4.20. The Morgan fingerprint density at radius 2 is 1.96 bits per heavy atom. The molecule has 0 spiro atoms. The van der Waals surface area contributed by atoms with Crippen molar-refractivity contribution in [3.63, 3.8) is 0 Å². The minimum absolute atomic E-state index is 0.220. The molecule has 1 aliphatic rings. The van der Waals surface area contributed by atoms with Gasteiger partial charge in [0.2, 0.25) is 5.76 Å². The van der Waals surface area contributed by atoms with Gasteiger partial charge < -0.3 is 18.8 Å². The Morgan fingerprint density at radius 1 is 1.26 bits per heavy atom. The Kier molecular flexibility index (Phi) is 4.68. The quantitative estimate of drug-likeness (QED) is 0.874. The minimum Gasteiger partial charge on any atom is -0.460 e. The van der Waals surface area contributed by atoms with E-state index in [4.69, 9.17) is 13.9 Å². The van der Waals surface area contributed by atoms with E-state index in [1.165, 1.54) is 4.90 Å². The largest absolute Gasteiger partial charge is 0.460 e. The summed E-state index contributed by atoms with van der Waals surface area (Å²) in [4.78, 5) is 13.7. The van der Waals surface area contributed by atoms with E-state index in [2.05, 4.69) is 13.8 Å². The van der Waals surface area contributed by atoms with Gasteiger partial charge in [-0.2, -0.15) is 0 Å². The number of rotatable bonds is 4. The van der Waals surface area contributed by atoms with Gasteiger partial charge in [-0.3, -0.25) is 0 Å². The van der Waals surface area contributed by atoms with Crippen molar-refractivity contribution >= 4 is 16.9 Å². The van der Waals surface area contributed by atoms with Crippen LogP contribution in [-0.2, 0) is 16.0 Å². The van der Waals surface area contributed by atoms with E-state index in [0.717, 1.165) is 36.2 Å². The lowest BCUT2D eigenvalue weighted by Gasteiger charge is -2.32. The second-order valence-corrected chi connectivity index (χ2v) is 6.22. The fourth-order valence-corrected chi connectivity index (χ4v) is 3.42. The van der Waals surface area contributed by atoms with Gasteiger partial charge in [0.05, 0.1) is 12.2 Å². The van der Waals surface area contributed by atoms with Gasteiger partial charge in [0, 0.05) is 5.39 Å². The summed E-state index contributed by atoms with van der Waals surface area (Å²) in [6.45, 7) is 8.91. The highest BCUT2D eigenvalue weighted by atomic mass is 16.5. The zero-order valence-corrected chi connectivity index (χ0v) is 13.9. The van der Waals surface area contributed by atoms with Crippen LogP contribution in [0.25, 0.3) is 11.0 Å². The number of hydrogen-bond donors (Lipinski definition) is 1. The minimum atomic E-state index is -0.382. The first kappa shape index (κ1) is 16.0. The molecule has 3 rings (SSSR count). The van der Waals surface area contributed by atoms with Crippen molar-refractivity contribution < 1.29 is 23.6 Å². The maximum Gasteiger partial charge on any atom is 0.374 e. The number of esters is 1. The van der Waals surface area contributed by atoms with Crippen LogP contribution in [0.4, 0.5) is 0 Å². The van der Waals surface area contributed by atoms with Gasteiger partial charge >= 0.3 is 5.97 Å². The number of hydrogen-bond acceptors (Lipinski definition) is 4. The van der Waals surface area contributed by atoms with Crippen LogP contribution in [-0.4, -0.2) is 37.9 Å². The van der Waals surface area contributed by atoms with Crippen molar-refractivity contribution in [1.82, 2.24) is 0 Å². The van der Waals surface area contributed by atoms with Crippen LogP contribution in [0.1, 0.15) is 36.9 Å². The van der Waals surface area contributed by atoms with Gasteiger partial charge in [0.1, 0.15) is 37.4 Å². The fourth-order valence-electron chi connectivity index (χ4n) is 3.42. The molecule has 0 bridgehead atoms. The summed E-state index contributed by atoms with van der Waals surface area (Å²) in [5.74, 6) is -0.0418. The molecule has 2 aromatic rings. The van der Waals surface area contributed by atoms with E-state index >= 15 is 0 Å². The van der Waals surface area contributed by atoms with Crippen molar-refractivity contribution in [3.05, 3.63) is 35.6 Å². The Labute approximate surface area is 136 Å². The van der Waals surface area contributed by atoms with Crippen molar-refractivity contribution in [3.8, 4) is 0 Å². The number of furan rings is 1. The smallest absolute Gasteiger partial charge is 0.374 e. The van der Waals surface area contributed by atoms with Gasteiger partial charge in [0.15, 0.2) is 0 Å². The van der Waals surface area contributed by atoms with Crippen LogP contribution in [0.3, 0.4) is 0 Å². The summed E-state index contributed by atoms with van der Waals surface area (Å²) >= 11 is 0. The second-order valence-electron chi connectivity index (χ2n) is 6.22. The topological polar surface area (TPSA) is 53.1 Å². The van der Waals surface area contributed by atoms with Crippen LogP contribution in [0.15, 0.2) is 28.7 Å². The zero-order chi connectivity index (χ0) is 16.4. The zero-order valence-electron chi connectivity index (χ0n) is 13.9. The second kappa shape index (κ2) is 6.72. The molecular weight excluding hydrogens is 294 g/mol. The van der Waals surface area contributed by atoms with E-state index in [-0.39, 0.29) is 18.2 Å². The van der Waals surface area contributed by atoms with Crippen LogP contribution in [0.5, 0.6) is 0 Å². The van der Waals surface area contributed by atoms with E-state index in [0.29, 0.717) is 12.4 Å². The third kappa shape index (κ3) is 3.41. The lowest BCUT2D eigenvalue weighted by atomic mass is 10.1. The molecule has 1 aliphatic heterocycles. The summed E-state index contributed by atoms with van der Waals surface area (Å²) < 4.78 is 16.8. The highest BCUT2D eigenvalue weighted by Crippen LogP contribution is 2.26.